The largest absolute Gasteiger partial charge is 0.389 e. The van der Waals surface area contributed by atoms with Gasteiger partial charge in [-0.3, -0.25) is 0 Å². The van der Waals surface area contributed by atoms with Gasteiger partial charge in [0.2, 0.25) is 0 Å². The number of likely N-dealkylation sites (tertiary alicyclic amines) is 1. The number of aliphatic hydroxyl groups is 1. The minimum absolute atomic E-state index is 0.398. The van der Waals surface area contributed by atoms with Gasteiger partial charge in [0.25, 0.3) is 0 Å². The molecule has 1 aliphatic heterocycles. The van der Waals surface area contributed by atoms with E-state index >= 15 is 0 Å². The van der Waals surface area contributed by atoms with Crippen LogP contribution in [0.25, 0.3) is 0 Å². The van der Waals surface area contributed by atoms with Crippen molar-refractivity contribution in [1.29, 1.82) is 0 Å². The number of hydrogen-bond acceptors (Lipinski definition) is 4. The summed E-state index contributed by atoms with van der Waals surface area (Å²) in [6, 6.07) is 0.433. The fourth-order valence-electron chi connectivity index (χ4n) is 2.25. The molecule has 0 aromatic heterocycles. The summed E-state index contributed by atoms with van der Waals surface area (Å²) in [5.74, 6) is 0.527. The van der Waals surface area contributed by atoms with Gasteiger partial charge in [-0.1, -0.05) is 13.8 Å². The van der Waals surface area contributed by atoms with Crippen LogP contribution in [-0.4, -0.2) is 61.5 Å². The SMILES string of the molecule is CC(C)COCC(O)CNC(C)CN1CCCC1. The molecule has 2 atom stereocenters. The van der Waals surface area contributed by atoms with Crippen molar-refractivity contribution in [1.82, 2.24) is 10.2 Å². The molecule has 0 aromatic rings. The molecule has 0 radical (unpaired) electrons. The second kappa shape index (κ2) is 8.86. The summed E-state index contributed by atoms with van der Waals surface area (Å²) < 4.78 is 5.42. The van der Waals surface area contributed by atoms with Gasteiger partial charge >= 0.3 is 0 Å². The average molecular weight is 258 g/mol. The van der Waals surface area contributed by atoms with E-state index in [1.54, 1.807) is 0 Å². The summed E-state index contributed by atoms with van der Waals surface area (Å²) in [5, 5.41) is 13.1. The zero-order chi connectivity index (χ0) is 13.4. The van der Waals surface area contributed by atoms with Gasteiger partial charge in [0, 0.05) is 25.7 Å². The Bertz CT molecular complexity index is 206. The predicted molar refractivity (Wildman–Crippen MR) is 74.8 cm³/mol. The zero-order valence-corrected chi connectivity index (χ0v) is 12.2. The maximum Gasteiger partial charge on any atom is 0.0897 e. The van der Waals surface area contributed by atoms with Gasteiger partial charge in [-0.2, -0.15) is 0 Å². The Morgan fingerprint density at radius 3 is 2.44 bits per heavy atom. The first-order valence-corrected chi connectivity index (χ1v) is 7.29. The van der Waals surface area contributed by atoms with Crippen molar-refractivity contribution < 1.29 is 9.84 Å². The van der Waals surface area contributed by atoms with Gasteiger partial charge < -0.3 is 20.1 Å². The van der Waals surface area contributed by atoms with E-state index in [2.05, 4.69) is 31.0 Å². The standard InChI is InChI=1S/C14H30N2O2/c1-12(2)10-18-11-14(17)8-15-13(3)9-16-6-4-5-7-16/h12-15,17H,4-11H2,1-3H3. The molecule has 18 heavy (non-hydrogen) atoms. The number of nitrogens with one attached hydrogen (secondary N) is 1. The highest BCUT2D eigenvalue weighted by Crippen LogP contribution is 2.07. The number of hydrogen-bond donors (Lipinski definition) is 2. The van der Waals surface area contributed by atoms with E-state index in [1.165, 1.54) is 25.9 Å². The fourth-order valence-corrected chi connectivity index (χ4v) is 2.25. The molecule has 108 valence electrons. The third-order valence-electron chi connectivity index (χ3n) is 3.19. The van der Waals surface area contributed by atoms with Crippen LogP contribution in [0.4, 0.5) is 0 Å². The van der Waals surface area contributed by atoms with Crippen molar-refractivity contribution in [3.8, 4) is 0 Å². The van der Waals surface area contributed by atoms with Crippen molar-refractivity contribution in [2.45, 2.75) is 45.8 Å². The van der Waals surface area contributed by atoms with Crippen LogP contribution in [0.3, 0.4) is 0 Å². The molecule has 0 saturated carbocycles. The minimum Gasteiger partial charge on any atom is -0.389 e. The van der Waals surface area contributed by atoms with Crippen LogP contribution < -0.4 is 5.32 Å². The van der Waals surface area contributed by atoms with Gasteiger partial charge in [-0.15, -0.1) is 0 Å². The van der Waals surface area contributed by atoms with Crippen LogP contribution in [0.15, 0.2) is 0 Å². The Hall–Kier alpha value is -0.160. The van der Waals surface area contributed by atoms with Crippen LogP contribution in [0, 0.1) is 5.92 Å². The molecule has 2 unspecified atom stereocenters. The lowest BCUT2D eigenvalue weighted by atomic mass is 10.2. The molecule has 1 saturated heterocycles. The Kier molecular flexibility index (Phi) is 7.82. The monoisotopic (exact) mass is 258 g/mol. The molecular formula is C14H30N2O2. The summed E-state index contributed by atoms with van der Waals surface area (Å²) >= 11 is 0. The van der Waals surface area contributed by atoms with E-state index in [0.29, 0.717) is 25.1 Å². The Labute approximate surface area is 112 Å². The minimum atomic E-state index is -0.398. The molecule has 1 rings (SSSR count). The van der Waals surface area contributed by atoms with E-state index in [4.69, 9.17) is 4.74 Å². The molecule has 1 aliphatic rings. The molecule has 0 aromatic carbocycles. The molecular weight excluding hydrogens is 228 g/mol. The predicted octanol–water partition coefficient (Wildman–Crippen LogP) is 1.09. The smallest absolute Gasteiger partial charge is 0.0897 e. The van der Waals surface area contributed by atoms with E-state index in [1.807, 2.05) is 0 Å². The lowest BCUT2D eigenvalue weighted by molar-refractivity contribution is 0.0248. The van der Waals surface area contributed by atoms with Gasteiger partial charge in [-0.25, -0.2) is 0 Å². The van der Waals surface area contributed by atoms with Crippen LogP contribution >= 0.6 is 0 Å². The Morgan fingerprint density at radius 2 is 1.83 bits per heavy atom. The molecule has 4 nitrogen and oxygen atoms in total. The molecule has 1 heterocycles. The van der Waals surface area contributed by atoms with E-state index in [9.17, 15) is 5.11 Å². The van der Waals surface area contributed by atoms with Crippen molar-refractivity contribution in [2.24, 2.45) is 5.92 Å². The lowest BCUT2D eigenvalue weighted by Gasteiger charge is -2.22. The highest BCUT2D eigenvalue weighted by molar-refractivity contribution is 4.73. The summed E-state index contributed by atoms with van der Waals surface area (Å²) in [6.45, 7) is 11.7. The first-order valence-electron chi connectivity index (χ1n) is 7.29. The van der Waals surface area contributed by atoms with Gasteiger partial charge in [0.1, 0.15) is 0 Å². The number of aliphatic hydroxyl groups excluding tert-OH is 1. The molecule has 0 aliphatic carbocycles. The second-order valence-corrected chi connectivity index (χ2v) is 5.90. The van der Waals surface area contributed by atoms with E-state index < -0.39 is 6.10 Å². The highest BCUT2D eigenvalue weighted by atomic mass is 16.5. The third kappa shape index (κ3) is 7.31. The number of rotatable bonds is 9. The number of nitrogens with zero attached hydrogens (tertiary/aromatic N) is 1. The molecule has 0 amide bonds. The van der Waals surface area contributed by atoms with Gasteiger partial charge in [-0.05, 0) is 38.8 Å². The summed E-state index contributed by atoms with van der Waals surface area (Å²) in [5.41, 5.74) is 0. The zero-order valence-electron chi connectivity index (χ0n) is 12.2. The van der Waals surface area contributed by atoms with Gasteiger partial charge in [0.15, 0.2) is 0 Å². The quantitative estimate of drug-likeness (QED) is 0.650. The molecule has 1 fully saturated rings. The Balaban J connectivity index is 2.00. The first-order chi connectivity index (χ1) is 8.58. The summed E-state index contributed by atoms with van der Waals surface area (Å²) in [7, 11) is 0. The van der Waals surface area contributed by atoms with Gasteiger partial charge in [0.05, 0.1) is 12.7 Å². The van der Waals surface area contributed by atoms with Crippen LogP contribution in [0.1, 0.15) is 33.6 Å². The van der Waals surface area contributed by atoms with Crippen LogP contribution in [-0.2, 0) is 4.74 Å². The first kappa shape index (κ1) is 15.9. The molecule has 0 spiro atoms. The lowest BCUT2D eigenvalue weighted by Crippen LogP contribution is -2.42. The summed E-state index contributed by atoms with van der Waals surface area (Å²) in [4.78, 5) is 2.49. The van der Waals surface area contributed by atoms with Crippen molar-refractivity contribution in [3.63, 3.8) is 0 Å². The fraction of sp³-hybridized carbons (Fsp3) is 1.00. The molecule has 2 N–H and O–H groups in total. The van der Waals surface area contributed by atoms with E-state index in [-0.39, 0.29) is 0 Å². The third-order valence-corrected chi connectivity index (χ3v) is 3.19. The Morgan fingerprint density at radius 1 is 1.17 bits per heavy atom. The van der Waals surface area contributed by atoms with Crippen molar-refractivity contribution in [2.75, 3.05) is 39.4 Å². The highest BCUT2D eigenvalue weighted by Gasteiger charge is 2.15. The maximum atomic E-state index is 9.77. The summed E-state index contributed by atoms with van der Waals surface area (Å²) in [6.07, 6.45) is 2.27. The van der Waals surface area contributed by atoms with Crippen LogP contribution in [0.5, 0.6) is 0 Å². The van der Waals surface area contributed by atoms with Crippen molar-refractivity contribution >= 4 is 0 Å². The molecule has 4 heteroatoms. The van der Waals surface area contributed by atoms with Crippen molar-refractivity contribution in [3.05, 3.63) is 0 Å². The van der Waals surface area contributed by atoms with E-state index in [0.717, 1.165) is 13.2 Å². The maximum absolute atomic E-state index is 9.77. The second-order valence-electron chi connectivity index (χ2n) is 5.90. The normalized spacial score (nSPS) is 20.5. The number of ether oxygens (including phenoxy) is 1. The molecule has 0 bridgehead atoms. The average Bonchev–Trinajstić information content (AvgIpc) is 2.78. The topological polar surface area (TPSA) is 44.7 Å². The van der Waals surface area contributed by atoms with Crippen LogP contribution in [0.2, 0.25) is 0 Å².